The van der Waals surface area contributed by atoms with Gasteiger partial charge in [0.25, 0.3) is 5.91 Å². The minimum absolute atomic E-state index is 0.120. The summed E-state index contributed by atoms with van der Waals surface area (Å²) in [5.74, 6) is -0.417. The van der Waals surface area contributed by atoms with Crippen LogP contribution in [0.15, 0.2) is 24.3 Å². The molecule has 1 heterocycles. The van der Waals surface area contributed by atoms with Gasteiger partial charge < -0.3 is 10.4 Å². The standard InChI is InChI=1S/C17H18N2O3S/c1-10-16(23-14(18-10)8-11-6-7-11)17(22)19-13-5-3-2-4-12(13)9-15(20)21/h2-5,11H,6-9H2,1H3,(H,19,22)(H,20,21). The molecule has 0 spiro atoms. The van der Waals surface area contributed by atoms with Crippen molar-refractivity contribution in [2.24, 2.45) is 5.92 Å². The van der Waals surface area contributed by atoms with Crippen molar-refractivity contribution in [2.75, 3.05) is 5.32 Å². The fraction of sp³-hybridized carbons (Fsp3) is 0.353. The molecule has 1 aromatic carbocycles. The van der Waals surface area contributed by atoms with E-state index in [1.54, 1.807) is 24.3 Å². The third kappa shape index (κ3) is 3.96. The van der Waals surface area contributed by atoms with Gasteiger partial charge in [-0.2, -0.15) is 0 Å². The lowest BCUT2D eigenvalue weighted by Gasteiger charge is -2.09. The van der Waals surface area contributed by atoms with E-state index in [-0.39, 0.29) is 12.3 Å². The summed E-state index contributed by atoms with van der Waals surface area (Å²) in [7, 11) is 0. The lowest BCUT2D eigenvalue weighted by Crippen LogP contribution is -2.14. The molecule has 23 heavy (non-hydrogen) atoms. The first kappa shape index (κ1) is 15.7. The number of amides is 1. The Morgan fingerprint density at radius 3 is 2.78 bits per heavy atom. The number of anilines is 1. The number of benzene rings is 1. The van der Waals surface area contributed by atoms with Gasteiger partial charge in [0.05, 0.1) is 17.1 Å². The van der Waals surface area contributed by atoms with Crippen molar-refractivity contribution < 1.29 is 14.7 Å². The number of nitrogens with zero attached hydrogens (tertiary/aromatic N) is 1. The molecule has 0 aliphatic heterocycles. The summed E-state index contributed by atoms with van der Waals surface area (Å²) >= 11 is 1.44. The van der Waals surface area contributed by atoms with E-state index in [1.165, 1.54) is 24.2 Å². The Labute approximate surface area is 138 Å². The zero-order chi connectivity index (χ0) is 16.4. The number of carbonyl (C=O) groups is 2. The highest BCUT2D eigenvalue weighted by atomic mass is 32.1. The number of carboxylic acids is 1. The van der Waals surface area contributed by atoms with Gasteiger partial charge in [0.2, 0.25) is 0 Å². The Morgan fingerprint density at radius 1 is 1.35 bits per heavy atom. The van der Waals surface area contributed by atoms with Crippen molar-refractivity contribution in [3.8, 4) is 0 Å². The van der Waals surface area contributed by atoms with Gasteiger partial charge in [-0.25, -0.2) is 4.98 Å². The van der Waals surface area contributed by atoms with Gasteiger partial charge in [-0.3, -0.25) is 9.59 Å². The van der Waals surface area contributed by atoms with Gasteiger partial charge in [0.15, 0.2) is 0 Å². The number of rotatable bonds is 6. The highest BCUT2D eigenvalue weighted by Crippen LogP contribution is 2.34. The molecule has 0 radical (unpaired) electrons. The van der Waals surface area contributed by atoms with E-state index in [0.717, 1.165) is 23.0 Å². The molecule has 1 aromatic heterocycles. The molecular formula is C17H18N2O3S. The number of hydrogen-bond donors (Lipinski definition) is 2. The maximum atomic E-state index is 12.5. The zero-order valence-electron chi connectivity index (χ0n) is 12.8. The highest BCUT2D eigenvalue weighted by Gasteiger charge is 2.25. The predicted octanol–water partition coefficient (Wildman–Crippen LogP) is 3.28. The van der Waals surface area contributed by atoms with Crippen LogP contribution in [0.25, 0.3) is 0 Å². The zero-order valence-corrected chi connectivity index (χ0v) is 13.7. The van der Waals surface area contributed by atoms with Crippen LogP contribution in [0.3, 0.4) is 0 Å². The molecule has 2 aromatic rings. The Hall–Kier alpha value is -2.21. The lowest BCUT2D eigenvalue weighted by atomic mass is 10.1. The first-order valence-corrected chi connectivity index (χ1v) is 8.42. The molecule has 3 rings (SSSR count). The molecule has 1 fully saturated rings. The van der Waals surface area contributed by atoms with E-state index in [0.29, 0.717) is 16.1 Å². The van der Waals surface area contributed by atoms with E-state index in [9.17, 15) is 9.59 Å². The number of carbonyl (C=O) groups excluding carboxylic acids is 1. The molecule has 0 saturated heterocycles. The van der Waals surface area contributed by atoms with Crippen molar-refractivity contribution in [1.82, 2.24) is 4.98 Å². The lowest BCUT2D eigenvalue weighted by molar-refractivity contribution is -0.136. The number of thiazole rings is 1. The number of para-hydroxylation sites is 1. The van der Waals surface area contributed by atoms with Gasteiger partial charge in [-0.15, -0.1) is 11.3 Å². The number of hydrogen-bond acceptors (Lipinski definition) is 4. The SMILES string of the molecule is Cc1nc(CC2CC2)sc1C(=O)Nc1ccccc1CC(=O)O. The number of carboxylic acid groups (broad SMARTS) is 1. The second-order valence-electron chi connectivity index (χ2n) is 5.85. The van der Waals surface area contributed by atoms with Crippen LogP contribution < -0.4 is 5.32 Å². The summed E-state index contributed by atoms with van der Waals surface area (Å²) in [5, 5.41) is 12.8. The first-order chi connectivity index (χ1) is 11.0. The fourth-order valence-corrected chi connectivity index (χ4v) is 3.53. The average Bonchev–Trinajstić information content (AvgIpc) is 3.22. The maximum Gasteiger partial charge on any atom is 0.307 e. The van der Waals surface area contributed by atoms with Gasteiger partial charge in [0.1, 0.15) is 4.88 Å². The average molecular weight is 330 g/mol. The molecule has 1 saturated carbocycles. The number of aryl methyl sites for hydroxylation is 1. The van der Waals surface area contributed by atoms with Crippen LogP contribution in [0.4, 0.5) is 5.69 Å². The molecule has 5 nitrogen and oxygen atoms in total. The summed E-state index contributed by atoms with van der Waals surface area (Å²) in [6, 6.07) is 6.97. The number of aromatic nitrogens is 1. The largest absolute Gasteiger partial charge is 0.481 e. The smallest absolute Gasteiger partial charge is 0.307 e. The van der Waals surface area contributed by atoms with Crippen molar-refractivity contribution >= 4 is 28.9 Å². The molecular weight excluding hydrogens is 312 g/mol. The molecule has 1 aliphatic carbocycles. The van der Waals surface area contributed by atoms with Gasteiger partial charge in [0, 0.05) is 12.1 Å². The molecule has 1 aliphatic rings. The van der Waals surface area contributed by atoms with Gasteiger partial charge in [-0.1, -0.05) is 18.2 Å². The quantitative estimate of drug-likeness (QED) is 0.852. The monoisotopic (exact) mass is 330 g/mol. The highest BCUT2D eigenvalue weighted by molar-refractivity contribution is 7.13. The topological polar surface area (TPSA) is 79.3 Å². The van der Waals surface area contributed by atoms with Crippen LogP contribution in [0.5, 0.6) is 0 Å². The van der Waals surface area contributed by atoms with Crippen LogP contribution in [0.1, 0.15) is 38.8 Å². The predicted molar refractivity (Wildman–Crippen MR) is 89.0 cm³/mol. The van der Waals surface area contributed by atoms with E-state index in [4.69, 9.17) is 5.11 Å². The minimum atomic E-state index is -0.924. The molecule has 2 N–H and O–H groups in total. The van der Waals surface area contributed by atoms with Gasteiger partial charge >= 0.3 is 5.97 Å². The molecule has 6 heteroatoms. The van der Waals surface area contributed by atoms with Crippen molar-refractivity contribution in [2.45, 2.75) is 32.6 Å². The van der Waals surface area contributed by atoms with E-state index in [1.807, 2.05) is 6.92 Å². The Balaban J connectivity index is 1.76. The number of aliphatic carboxylic acids is 1. The fourth-order valence-electron chi connectivity index (χ4n) is 2.46. The summed E-state index contributed by atoms with van der Waals surface area (Å²) in [4.78, 5) is 28.5. The van der Waals surface area contributed by atoms with Crippen molar-refractivity contribution in [1.29, 1.82) is 0 Å². The summed E-state index contributed by atoms with van der Waals surface area (Å²) < 4.78 is 0. The van der Waals surface area contributed by atoms with E-state index >= 15 is 0 Å². The van der Waals surface area contributed by atoms with Crippen molar-refractivity contribution in [3.05, 3.63) is 45.4 Å². The second-order valence-corrected chi connectivity index (χ2v) is 6.94. The Morgan fingerprint density at radius 2 is 2.09 bits per heavy atom. The van der Waals surface area contributed by atoms with Crippen LogP contribution in [-0.4, -0.2) is 22.0 Å². The minimum Gasteiger partial charge on any atom is -0.481 e. The third-order valence-electron chi connectivity index (χ3n) is 3.81. The van der Waals surface area contributed by atoms with Crippen LogP contribution in [0.2, 0.25) is 0 Å². The van der Waals surface area contributed by atoms with Crippen LogP contribution in [-0.2, 0) is 17.6 Å². The summed E-state index contributed by atoms with van der Waals surface area (Å²) in [5.41, 5.74) is 1.86. The van der Waals surface area contributed by atoms with Crippen LogP contribution in [0, 0.1) is 12.8 Å². The molecule has 1 amide bonds. The third-order valence-corrected chi connectivity index (χ3v) is 4.99. The molecule has 120 valence electrons. The first-order valence-electron chi connectivity index (χ1n) is 7.60. The summed E-state index contributed by atoms with van der Waals surface area (Å²) in [6.45, 7) is 1.84. The van der Waals surface area contributed by atoms with Crippen LogP contribution >= 0.6 is 11.3 Å². The van der Waals surface area contributed by atoms with Crippen molar-refractivity contribution in [3.63, 3.8) is 0 Å². The molecule has 0 atom stereocenters. The molecule has 0 unspecified atom stereocenters. The Kier molecular flexibility index (Phi) is 4.43. The number of nitrogens with one attached hydrogen (secondary N) is 1. The van der Waals surface area contributed by atoms with E-state index < -0.39 is 5.97 Å². The van der Waals surface area contributed by atoms with Gasteiger partial charge in [-0.05, 0) is 37.3 Å². The maximum absolute atomic E-state index is 12.5. The van der Waals surface area contributed by atoms with E-state index in [2.05, 4.69) is 10.3 Å². The molecule has 0 bridgehead atoms. The Bertz CT molecular complexity index is 750. The summed E-state index contributed by atoms with van der Waals surface area (Å²) in [6.07, 6.45) is 3.34. The second kappa shape index (κ2) is 6.50. The normalized spacial score (nSPS) is 13.8.